The third kappa shape index (κ3) is 3.14. The summed E-state index contributed by atoms with van der Waals surface area (Å²) in [5.74, 6) is 0.00235. The number of anilines is 1. The number of amides is 1. The molecule has 0 atom stereocenters. The average Bonchev–Trinajstić information content (AvgIpc) is 2.63. The Balaban J connectivity index is 1.98. The zero-order valence-electron chi connectivity index (χ0n) is 9.24. The van der Waals surface area contributed by atoms with Crippen LogP contribution in [0.2, 0.25) is 0 Å². The third-order valence-corrected chi connectivity index (χ3v) is 2.13. The van der Waals surface area contributed by atoms with Crippen LogP contribution in [0.25, 0.3) is 0 Å². The van der Waals surface area contributed by atoms with Crippen molar-refractivity contribution in [3.63, 3.8) is 0 Å². The minimum atomic E-state index is -0.389. The molecule has 0 radical (unpaired) electrons. The molecule has 88 valence electrons. The lowest BCUT2D eigenvalue weighted by Gasteiger charge is -2.03. The summed E-state index contributed by atoms with van der Waals surface area (Å²) in [5, 5.41) is 6.28. The van der Waals surface area contributed by atoms with Gasteiger partial charge >= 0.3 is 0 Å². The van der Waals surface area contributed by atoms with Crippen molar-refractivity contribution in [1.82, 2.24) is 5.16 Å². The van der Waals surface area contributed by atoms with Gasteiger partial charge in [0, 0.05) is 11.8 Å². The summed E-state index contributed by atoms with van der Waals surface area (Å²) in [7, 11) is 0. The van der Waals surface area contributed by atoms with E-state index in [2.05, 4.69) is 10.5 Å². The van der Waals surface area contributed by atoms with E-state index in [9.17, 15) is 9.18 Å². The molecule has 0 fully saturated rings. The van der Waals surface area contributed by atoms with Crippen molar-refractivity contribution in [2.45, 2.75) is 13.3 Å². The van der Waals surface area contributed by atoms with Gasteiger partial charge in [-0.05, 0) is 25.1 Å². The molecule has 5 heteroatoms. The van der Waals surface area contributed by atoms with E-state index in [0.717, 1.165) is 0 Å². The molecule has 1 heterocycles. The number of rotatable bonds is 3. The van der Waals surface area contributed by atoms with Crippen LogP contribution >= 0.6 is 0 Å². The van der Waals surface area contributed by atoms with Gasteiger partial charge in [-0.25, -0.2) is 4.39 Å². The topological polar surface area (TPSA) is 55.1 Å². The van der Waals surface area contributed by atoms with Crippen LogP contribution in [0.1, 0.15) is 11.5 Å². The van der Waals surface area contributed by atoms with E-state index >= 15 is 0 Å². The minimum absolute atomic E-state index is 0.105. The third-order valence-electron chi connectivity index (χ3n) is 2.13. The summed E-state index contributed by atoms with van der Waals surface area (Å²) in [6, 6.07) is 7.41. The first-order valence-corrected chi connectivity index (χ1v) is 5.11. The standard InChI is InChI=1S/C12H11FN2O2/c1-8-5-11(15-17-8)7-12(16)14-10-4-2-3-9(13)6-10/h2-6H,7H2,1H3,(H,14,16). The molecule has 0 saturated carbocycles. The number of nitrogens with zero attached hydrogens (tertiary/aromatic N) is 1. The predicted molar refractivity (Wildman–Crippen MR) is 60.0 cm³/mol. The van der Waals surface area contributed by atoms with Gasteiger partial charge in [0.05, 0.1) is 12.1 Å². The van der Waals surface area contributed by atoms with Crippen LogP contribution in [0.4, 0.5) is 10.1 Å². The molecule has 0 aliphatic rings. The summed E-state index contributed by atoms with van der Waals surface area (Å²) in [6.07, 6.45) is 0.105. The number of nitrogens with one attached hydrogen (secondary N) is 1. The highest BCUT2D eigenvalue weighted by Gasteiger charge is 2.08. The highest BCUT2D eigenvalue weighted by molar-refractivity contribution is 5.91. The maximum atomic E-state index is 12.9. The van der Waals surface area contributed by atoms with Crippen LogP contribution in [0.15, 0.2) is 34.9 Å². The second-order valence-corrected chi connectivity index (χ2v) is 3.66. The molecule has 0 unspecified atom stereocenters. The van der Waals surface area contributed by atoms with Gasteiger partial charge in [-0.2, -0.15) is 0 Å². The first kappa shape index (κ1) is 11.3. The van der Waals surface area contributed by atoms with E-state index in [4.69, 9.17) is 4.52 Å². The van der Waals surface area contributed by atoms with Crippen molar-refractivity contribution in [2.24, 2.45) is 0 Å². The maximum absolute atomic E-state index is 12.9. The van der Waals surface area contributed by atoms with Crippen molar-refractivity contribution < 1.29 is 13.7 Å². The molecule has 0 bridgehead atoms. The van der Waals surface area contributed by atoms with Crippen molar-refractivity contribution in [2.75, 3.05) is 5.32 Å². The van der Waals surface area contributed by atoms with Crippen LogP contribution in [-0.2, 0) is 11.2 Å². The second-order valence-electron chi connectivity index (χ2n) is 3.66. The van der Waals surface area contributed by atoms with Crippen LogP contribution in [0.3, 0.4) is 0 Å². The average molecular weight is 234 g/mol. The van der Waals surface area contributed by atoms with Gasteiger partial charge in [-0.1, -0.05) is 11.2 Å². The number of hydrogen-bond acceptors (Lipinski definition) is 3. The van der Waals surface area contributed by atoms with Crippen molar-refractivity contribution in [1.29, 1.82) is 0 Å². The molecule has 1 amide bonds. The Morgan fingerprint density at radius 2 is 2.29 bits per heavy atom. The van der Waals surface area contributed by atoms with Gasteiger partial charge in [-0.3, -0.25) is 4.79 Å². The quantitative estimate of drug-likeness (QED) is 0.886. The zero-order valence-corrected chi connectivity index (χ0v) is 9.24. The van der Waals surface area contributed by atoms with E-state index in [-0.39, 0.29) is 18.1 Å². The highest BCUT2D eigenvalue weighted by atomic mass is 19.1. The lowest BCUT2D eigenvalue weighted by atomic mass is 10.2. The van der Waals surface area contributed by atoms with E-state index in [1.807, 2.05) is 0 Å². The van der Waals surface area contributed by atoms with Gasteiger partial charge in [0.25, 0.3) is 0 Å². The Morgan fingerprint density at radius 3 is 2.94 bits per heavy atom. The van der Waals surface area contributed by atoms with Gasteiger partial charge in [0.1, 0.15) is 11.6 Å². The number of aromatic nitrogens is 1. The summed E-state index contributed by atoms with van der Waals surface area (Å²) < 4.78 is 17.7. The summed E-state index contributed by atoms with van der Waals surface area (Å²) in [4.78, 5) is 11.6. The highest BCUT2D eigenvalue weighted by Crippen LogP contribution is 2.10. The van der Waals surface area contributed by atoms with Crippen LogP contribution in [0.5, 0.6) is 0 Å². The summed E-state index contributed by atoms with van der Waals surface area (Å²) >= 11 is 0. The number of aryl methyl sites for hydroxylation is 1. The monoisotopic (exact) mass is 234 g/mol. The Kier molecular flexibility index (Phi) is 3.18. The molecule has 0 aliphatic carbocycles. The first-order valence-electron chi connectivity index (χ1n) is 5.11. The largest absolute Gasteiger partial charge is 0.361 e. The second kappa shape index (κ2) is 4.78. The van der Waals surface area contributed by atoms with Gasteiger partial charge in [0.15, 0.2) is 0 Å². The Morgan fingerprint density at radius 1 is 1.47 bits per heavy atom. The predicted octanol–water partition coefficient (Wildman–Crippen LogP) is 2.30. The molecule has 4 nitrogen and oxygen atoms in total. The molecule has 2 aromatic rings. The number of hydrogen-bond donors (Lipinski definition) is 1. The van der Waals surface area contributed by atoms with Crippen molar-refractivity contribution in [3.8, 4) is 0 Å². The molecule has 1 N–H and O–H groups in total. The van der Waals surface area contributed by atoms with Crippen LogP contribution in [-0.4, -0.2) is 11.1 Å². The van der Waals surface area contributed by atoms with Gasteiger partial charge in [0.2, 0.25) is 5.91 Å². The van der Waals surface area contributed by atoms with Crippen molar-refractivity contribution >= 4 is 11.6 Å². The van der Waals surface area contributed by atoms with E-state index in [1.165, 1.54) is 18.2 Å². The molecular weight excluding hydrogens is 223 g/mol. The molecule has 0 spiro atoms. The fraction of sp³-hybridized carbons (Fsp3) is 0.167. The summed E-state index contributed by atoms with van der Waals surface area (Å²) in [6.45, 7) is 1.75. The molecule has 17 heavy (non-hydrogen) atoms. The van der Waals surface area contributed by atoms with Crippen LogP contribution in [0, 0.1) is 12.7 Å². The normalized spacial score (nSPS) is 10.2. The Bertz CT molecular complexity index is 537. The minimum Gasteiger partial charge on any atom is -0.361 e. The Hall–Kier alpha value is -2.17. The van der Waals surface area contributed by atoms with Crippen LogP contribution < -0.4 is 5.32 Å². The molecule has 2 rings (SSSR count). The van der Waals surface area contributed by atoms with Gasteiger partial charge in [-0.15, -0.1) is 0 Å². The number of benzene rings is 1. The smallest absolute Gasteiger partial charge is 0.230 e. The molecule has 0 saturated heterocycles. The molecular formula is C12H11FN2O2. The number of carbonyl (C=O) groups is 1. The fourth-order valence-corrected chi connectivity index (χ4v) is 1.44. The van der Waals surface area contributed by atoms with E-state index in [1.54, 1.807) is 19.1 Å². The SMILES string of the molecule is Cc1cc(CC(=O)Nc2cccc(F)c2)no1. The number of carbonyl (C=O) groups excluding carboxylic acids is 1. The lowest BCUT2D eigenvalue weighted by Crippen LogP contribution is -2.14. The summed E-state index contributed by atoms with van der Waals surface area (Å²) in [5.41, 5.74) is 0.978. The van der Waals surface area contributed by atoms with E-state index < -0.39 is 0 Å². The van der Waals surface area contributed by atoms with Gasteiger partial charge < -0.3 is 9.84 Å². The molecule has 1 aromatic carbocycles. The number of halogens is 1. The Labute approximate surface area is 97.4 Å². The lowest BCUT2D eigenvalue weighted by molar-refractivity contribution is -0.115. The van der Waals surface area contributed by atoms with E-state index in [0.29, 0.717) is 17.1 Å². The fourth-order valence-electron chi connectivity index (χ4n) is 1.44. The molecule has 0 aliphatic heterocycles. The molecule has 1 aromatic heterocycles. The van der Waals surface area contributed by atoms with Crippen molar-refractivity contribution in [3.05, 3.63) is 47.6 Å². The maximum Gasteiger partial charge on any atom is 0.230 e. The zero-order chi connectivity index (χ0) is 12.3. The first-order chi connectivity index (χ1) is 8.13.